The number of nitrogens with one attached hydrogen (secondary N) is 2. The van der Waals surface area contributed by atoms with Gasteiger partial charge in [-0.25, -0.2) is 13.1 Å². The first-order valence-corrected chi connectivity index (χ1v) is 11.5. The summed E-state index contributed by atoms with van der Waals surface area (Å²) in [7, 11) is -3.83. The van der Waals surface area contributed by atoms with Crippen LogP contribution in [0, 0.1) is 0 Å². The second-order valence-corrected chi connectivity index (χ2v) is 10.2. The van der Waals surface area contributed by atoms with Crippen LogP contribution < -0.4 is 9.44 Å². The van der Waals surface area contributed by atoms with Crippen molar-refractivity contribution in [1.82, 2.24) is 13.7 Å². The molecular weight excluding hydrogens is 362 g/mol. The third-order valence-corrected chi connectivity index (χ3v) is 7.52. The van der Waals surface area contributed by atoms with Gasteiger partial charge < -0.3 is 0 Å². The van der Waals surface area contributed by atoms with Crippen LogP contribution in [-0.4, -0.2) is 41.3 Å². The first kappa shape index (κ1) is 20.3. The van der Waals surface area contributed by atoms with E-state index < -0.39 is 20.2 Å². The Balaban J connectivity index is 1.93. The Kier molecular flexibility index (Phi) is 6.98. The van der Waals surface area contributed by atoms with E-state index >= 15 is 0 Å². The summed E-state index contributed by atoms with van der Waals surface area (Å²) >= 11 is 0. The van der Waals surface area contributed by atoms with Gasteiger partial charge in [-0.15, -0.1) is 0 Å². The molecule has 0 aromatic heterocycles. The third kappa shape index (κ3) is 6.03. The highest BCUT2D eigenvalue weighted by Gasteiger charge is 2.27. The van der Waals surface area contributed by atoms with E-state index in [0.29, 0.717) is 5.56 Å². The Morgan fingerprint density at radius 1 is 1.00 bits per heavy atom. The standard InChI is InChI=1S/C16H27N3O4S2/c1-17-24(20,21)13-15-10-8-14(9-11-15)12-18-25(22,23)19(2)16-6-4-3-5-7-16/h8-11,16-18H,3-7,12-13H2,1-2H3. The maximum atomic E-state index is 12.4. The lowest BCUT2D eigenvalue weighted by Gasteiger charge is -2.30. The normalized spacial score (nSPS) is 17.1. The van der Waals surface area contributed by atoms with E-state index in [9.17, 15) is 16.8 Å². The van der Waals surface area contributed by atoms with E-state index in [1.807, 2.05) is 0 Å². The number of nitrogens with zero attached hydrogens (tertiary/aromatic N) is 1. The van der Waals surface area contributed by atoms with E-state index in [4.69, 9.17) is 0 Å². The molecule has 0 amide bonds. The van der Waals surface area contributed by atoms with Gasteiger partial charge in [0.05, 0.1) is 5.75 Å². The Bertz CT molecular complexity index is 755. The first-order chi connectivity index (χ1) is 11.7. The zero-order chi connectivity index (χ0) is 18.5. The molecule has 9 heteroatoms. The van der Waals surface area contributed by atoms with Crippen molar-refractivity contribution >= 4 is 20.2 Å². The highest BCUT2D eigenvalue weighted by Crippen LogP contribution is 2.23. The summed E-state index contributed by atoms with van der Waals surface area (Å²) in [6.45, 7) is 0.179. The SMILES string of the molecule is CNS(=O)(=O)Cc1ccc(CNS(=O)(=O)N(C)C2CCCCC2)cc1. The smallest absolute Gasteiger partial charge is 0.218 e. The molecule has 142 valence electrons. The van der Waals surface area contributed by atoms with Gasteiger partial charge in [-0.1, -0.05) is 43.5 Å². The van der Waals surface area contributed by atoms with Gasteiger partial charge >= 0.3 is 0 Å². The van der Waals surface area contributed by atoms with Crippen molar-refractivity contribution in [2.24, 2.45) is 0 Å². The van der Waals surface area contributed by atoms with Crippen molar-refractivity contribution in [1.29, 1.82) is 0 Å². The quantitative estimate of drug-likeness (QED) is 0.701. The number of sulfonamides is 1. The largest absolute Gasteiger partial charge is 0.279 e. The predicted octanol–water partition coefficient (Wildman–Crippen LogP) is 1.33. The Hall–Kier alpha value is -1.00. The maximum Gasteiger partial charge on any atom is 0.279 e. The van der Waals surface area contributed by atoms with Gasteiger partial charge in [-0.05, 0) is 31.0 Å². The van der Waals surface area contributed by atoms with Crippen molar-refractivity contribution in [3.63, 3.8) is 0 Å². The minimum absolute atomic E-state index is 0.0698. The van der Waals surface area contributed by atoms with Gasteiger partial charge in [0, 0.05) is 19.6 Å². The van der Waals surface area contributed by atoms with Crippen LogP contribution in [0.2, 0.25) is 0 Å². The van der Waals surface area contributed by atoms with Crippen molar-refractivity contribution in [3.05, 3.63) is 35.4 Å². The number of hydrogen-bond acceptors (Lipinski definition) is 4. The summed E-state index contributed by atoms with van der Waals surface area (Å²) in [6, 6.07) is 6.94. The molecule has 0 radical (unpaired) electrons. The summed E-state index contributed by atoms with van der Waals surface area (Å²) in [5.74, 6) is -0.0973. The van der Waals surface area contributed by atoms with Crippen molar-refractivity contribution in [2.75, 3.05) is 14.1 Å². The van der Waals surface area contributed by atoms with E-state index in [2.05, 4.69) is 9.44 Å². The Morgan fingerprint density at radius 3 is 2.12 bits per heavy atom. The highest BCUT2D eigenvalue weighted by molar-refractivity contribution is 7.88. The molecule has 1 aliphatic carbocycles. The average Bonchev–Trinajstić information content (AvgIpc) is 2.61. The van der Waals surface area contributed by atoms with E-state index in [0.717, 1.165) is 31.2 Å². The topological polar surface area (TPSA) is 95.6 Å². The van der Waals surface area contributed by atoms with Crippen LogP contribution in [0.15, 0.2) is 24.3 Å². The molecule has 7 nitrogen and oxygen atoms in total. The predicted molar refractivity (Wildman–Crippen MR) is 98.5 cm³/mol. The molecule has 2 rings (SSSR count). The minimum atomic E-state index is -3.52. The van der Waals surface area contributed by atoms with Gasteiger partial charge in [0.2, 0.25) is 10.0 Å². The van der Waals surface area contributed by atoms with E-state index in [-0.39, 0.29) is 18.3 Å². The van der Waals surface area contributed by atoms with Crippen LogP contribution >= 0.6 is 0 Å². The van der Waals surface area contributed by atoms with Crippen molar-refractivity contribution in [3.8, 4) is 0 Å². The molecular formula is C16H27N3O4S2. The zero-order valence-corrected chi connectivity index (χ0v) is 16.4. The molecule has 1 fully saturated rings. The summed E-state index contributed by atoms with van der Waals surface area (Å²) in [5.41, 5.74) is 1.44. The molecule has 25 heavy (non-hydrogen) atoms. The number of benzene rings is 1. The number of rotatable bonds is 8. The fourth-order valence-electron chi connectivity index (χ4n) is 2.96. The Labute approximate surface area is 151 Å². The molecule has 0 atom stereocenters. The lowest BCUT2D eigenvalue weighted by atomic mass is 9.96. The van der Waals surface area contributed by atoms with Gasteiger partial charge in [-0.3, -0.25) is 0 Å². The molecule has 0 heterocycles. The van der Waals surface area contributed by atoms with Crippen LogP contribution in [0.25, 0.3) is 0 Å². The van der Waals surface area contributed by atoms with Gasteiger partial charge in [0.25, 0.3) is 10.2 Å². The Morgan fingerprint density at radius 2 is 1.56 bits per heavy atom. The van der Waals surface area contributed by atoms with Gasteiger partial charge in [0.15, 0.2) is 0 Å². The highest BCUT2D eigenvalue weighted by atomic mass is 32.2. The molecule has 1 saturated carbocycles. The molecule has 0 aliphatic heterocycles. The second kappa shape index (κ2) is 8.59. The van der Waals surface area contributed by atoms with E-state index in [1.165, 1.54) is 17.8 Å². The lowest BCUT2D eigenvalue weighted by Crippen LogP contribution is -2.44. The maximum absolute atomic E-state index is 12.4. The van der Waals surface area contributed by atoms with Gasteiger partial charge in [0.1, 0.15) is 0 Å². The zero-order valence-electron chi connectivity index (χ0n) is 14.7. The molecule has 0 bridgehead atoms. The second-order valence-electron chi connectivity index (χ2n) is 6.41. The van der Waals surface area contributed by atoms with Crippen LogP contribution in [0.3, 0.4) is 0 Å². The van der Waals surface area contributed by atoms with Crippen molar-refractivity contribution in [2.45, 2.75) is 50.4 Å². The molecule has 2 N–H and O–H groups in total. The van der Waals surface area contributed by atoms with E-state index in [1.54, 1.807) is 31.3 Å². The molecule has 0 unspecified atom stereocenters. The number of hydrogen-bond donors (Lipinski definition) is 2. The molecule has 1 aliphatic rings. The third-order valence-electron chi connectivity index (χ3n) is 4.62. The summed E-state index contributed by atoms with van der Waals surface area (Å²) in [5, 5.41) is 0. The molecule has 1 aromatic rings. The van der Waals surface area contributed by atoms with Gasteiger partial charge in [-0.2, -0.15) is 17.4 Å². The summed E-state index contributed by atoms with van der Waals surface area (Å²) in [6.07, 6.45) is 5.13. The summed E-state index contributed by atoms with van der Waals surface area (Å²) < 4.78 is 54.2. The molecule has 1 aromatic carbocycles. The fourth-order valence-corrected chi connectivity index (χ4v) is 4.89. The monoisotopic (exact) mass is 389 g/mol. The average molecular weight is 390 g/mol. The van der Waals surface area contributed by atoms with Crippen LogP contribution in [0.5, 0.6) is 0 Å². The molecule has 0 saturated heterocycles. The van der Waals surface area contributed by atoms with Crippen molar-refractivity contribution < 1.29 is 16.8 Å². The minimum Gasteiger partial charge on any atom is -0.218 e. The van der Waals surface area contributed by atoms with Crippen LogP contribution in [0.1, 0.15) is 43.2 Å². The van der Waals surface area contributed by atoms with Crippen LogP contribution in [0.4, 0.5) is 0 Å². The first-order valence-electron chi connectivity index (χ1n) is 8.45. The lowest BCUT2D eigenvalue weighted by molar-refractivity contribution is 0.283. The fraction of sp³-hybridized carbons (Fsp3) is 0.625. The summed E-state index contributed by atoms with van der Waals surface area (Å²) in [4.78, 5) is 0. The molecule has 0 spiro atoms. The van der Waals surface area contributed by atoms with Crippen LogP contribution in [-0.2, 0) is 32.5 Å².